The van der Waals surface area contributed by atoms with Crippen molar-refractivity contribution in [3.8, 4) is 0 Å². The third-order valence-electron chi connectivity index (χ3n) is 11.8. The first-order valence-electron chi connectivity index (χ1n) is 13.3. The van der Waals surface area contributed by atoms with Gasteiger partial charge in [-0.05, 0) is 73.5 Å². The van der Waals surface area contributed by atoms with Crippen molar-refractivity contribution in [3.63, 3.8) is 0 Å². The molecule has 6 rings (SSSR count). The Labute approximate surface area is 192 Å². The first kappa shape index (κ1) is 22.0. The van der Waals surface area contributed by atoms with Gasteiger partial charge in [0, 0.05) is 30.1 Å². The van der Waals surface area contributed by atoms with Crippen LogP contribution in [-0.2, 0) is 14.3 Å². The van der Waals surface area contributed by atoms with Crippen LogP contribution in [0, 0.1) is 52.3 Å². The van der Waals surface area contributed by atoms with Gasteiger partial charge in [-0.25, -0.2) is 0 Å². The van der Waals surface area contributed by atoms with Crippen molar-refractivity contribution >= 4 is 5.78 Å². The van der Waals surface area contributed by atoms with E-state index in [9.17, 15) is 15.0 Å². The molecule has 2 saturated heterocycles. The molecule has 1 spiro atoms. The van der Waals surface area contributed by atoms with E-state index in [1.165, 1.54) is 0 Å². The molecule has 4 saturated carbocycles. The molecule has 0 aromatic rings. The second-order valence-corrected chi connectivity index (χ2v) is 13.1. The summed E-state index contributed by atoms with van der Waals surface area (Å²) in [5.41, 5.74) is -0.371. The molecule has 0 bridgehead atoms. The minimum absolute atomic E-state index is 0.0490. The Morgan fingerprint density at radius 3 is 2.50 bits per heavy atom. The normalized spacial score (nSPS) is 61.8. The summed E-state index contributed by atoms with van der Waals surface area (Å²) in [4.78, 5) is 14.0. The highest BCUT2D eigenvalue weighted by atomic mass is 16.7. The van der Waals surface area contributed by atoms with Gasteiger partial charge in [0.1, 0.15) is 5.78 Å². The molecule has 5 nitrogen and oxygen atoms in total. The number of ketones is 1. The predicted octanol–water partition coefficient (Wildman–Crippen LogP) is 3.94. The van der Waals surface area contributed by atoms with Crippen molar-refractivity contribution in [2.45, 2.75) is 103 Å². The van der Waals surface area contributed by atoms with Crippen LogP contribution in [0.2, 0.25) is 0 Å². The van der Waals surface area contributed by atoms with E-state index in [0.29, 0.717) is 54.6 Å². The standard InChI is InChI=1S/C27H42O5/c1-14-7-8-27(31-13-14)15(2)24-22(32-27)10-19-17-6-5-16-9-20(28)21(29)12-25(16,3)18(17)11-23(30)26(19,24)4/h14-22,24,28-29H,5-13H2,1-4H3/t14-,15+,16+,17-,18-,19-,20+,21-,22-,24+,25+,26-,27-/m1/s1. The number of ether oxygens (including phenoxy) is 2. The highest BCUT2D eigenvalue weighted by molar-refractivity contribution is 5.87. The van der Waals surface area contributed by atoms with Crippen molar-refractivity contribution in [2.75, 3.05) is 6.61 Å². The van der Waals surface area contributed by atoms with E-state index in [-0.39, 0.29) is 28.8 Å². The number of carbonyl (C=O) groups excluding carboxylic acids is 1. The lowest BCUT2D eigenvalue weighted by atomic mass is 9.43. The smallest absolute Gasteiger partial charge is 0.171 e. The molecule has 2 N–H and O–H groups in total. The van der Waals surface area contributed by atoms with E-state index in [0.717, 1.165) is 38.7 Å². The molecule has 6 fully saturated rings. The van der Waals surface area contributed by atoms with Gasteiger partial charge in [0.2, 0.25) is 0 Å². The highest BCUT2D eigenvalue weighted by Crippen LogP contribution is 2.70. The fraction of sp³-hybridized carbons (Fsp3) is 0.963. The summed E-state index contributed by atoms with van der Waals surface area (Å²) in [6, 6.07) is 0. The first-order valence-corrected chi connectivity index (χ1v) is 13.3. The lowest BCUT2D eigenvalue weighted by Gasteiger charge is -2.61. The van der Waals surface area contributed by atoms with E-state index in [4.69, 9.17) is 9.47 Å². The Morgan fingerprint density at radius 2 is 1.78 bits per heavy atom. The third-order valence-corrected chi connectivity index (χ3v) is 11.8. The minimum Gasteiger partial charge on any atom is -0.390 e. The predicted molar refractivity (Wildman–Crippen MR) is 120 cm³/mol. The van der Waals surface area contributed by atoms with E-state index in [1.54, 1.807) is 0 Å². The van der Waals surface area contributed by atoms with Crippen molar-refractivity contribution in [3.05, 3.63) is 0 Å². The number of aliphatic hydroxyl groups is 2. The molecule has 0 radical (unpaired) electrons. The van der Waals surface area contributed by atoms with Gasteiger partial charge in [0.05, 0.1) is 24.9 Å². The maximum atomic E-state index is 14.0. The Hall–Kier alpha value is -0.490. The zero-order chi connectivity index (χ0) is 22.6. The molecular weight excluding hydrogens is 404 g/mol. The quantitative estimate of drug-likeness (QED) is 0.589. The molecule has 6 aliphatic rings. The van der Waals surface area contributed by atoms with Gasteiger partial charge >= 0.3 is 0 Å². The van der Waals surface area contributed by atoms with E-state index in [1.807, 2.05) is 0 Å². The second-order valence-electron chi connectivity index (χ2n) is 13.1. The number of aliphatic hydroxyl groups excluding tert-OH is 2. The van der Waals surface area contributed by atoms with Crippen molar-refractivity contribution in [1.82, 2.24) is 0 Å². The summed E-state index contributed by atoms with van der Waals surface area (Å²) in [7, 11) is 0. The summed E-state index contributed by atoms with van der Waals surface area (Å²) in [6.07, 6.45) is 6.12. The Bertz CT molecular complexity index is 789. The number of hydrogen-bond acceptors (Lipinski definition) is 5. The van der Waals surface area contributed by atoms with Gasteiger partial charge in [0.25, 0.3) is 0 Å². The van der Waals surface area contributed by atoms with Crippen molar-refractivity contribution in [1.29, 1.82) is 0 Å². The van der Waals surface area contributed by atoms with Gasteiger partial charge in [0.15, 0.2) is 5.79 Å². The molecule has 4 aliphatic carbocycles. The topological polar surface area (TPSA) is 76.0 Å². The number of fused-ring (bicyclic) bond motifs is 7. The van der Waals surface area contributed by atoms with Crippen molar-refractivity contribution in [2.24, 2.45) is 52.3 Å². The van der Waals surface area contributed by atoms with Crippen molar-refractivity contribution < 1.29 is 24.5 Å². The van der Waals surface area contributed by atoms with Gasteiger partial charge < -0.3 is 19.7 Å². The molecule has 0 aromatic heterocycles. The number of carbonyl (C=O) groups is 1. The molecule has 2 aliphatic heterocycles. The highest BCUT2D eigenvalue weighted by Gasteiger charge is 2.71. The largest absolute Gasteiger partial charge is 0.390 e. The fourth-order valence-electron chi connectivity index (χ4n) is 9.97. The van der Waals surface area contributed by atoms with Crippen LogP contribution in [0.4, 0.5) is 0 Å². The average molecular weight is 447 g/mol. The van der Waals surface area contributed by atoms with Crippen LogP contribution < -0.4 is 0 Å². The Kier molecular flexibility index (Phi) is 4.83. The number of hydrogen-bond donors (Lipinski definition) is 2. The van der Waals surface area contributed by atoms with Crippen LogP contribution >= 0.6 is 0 Å². The molecule has 0 unspecified atom stereocenters. The van der Waals surface area contributed by atoms with Crippen LogP contribution in [0.15, 0.2) is 0 Å². The number of Topliss-reactive ketones (excluding diaryl/α,β-unsaturated/α-hetero) is 1. The third kappa shape index (κ3) is 2.69. The summed E-state index contributed by atoms with van der Waals surface area (Å²) < 4.78 is 13.2. The van der Waals surface area contributed by atoms with Crippen LogP contribution in [0.1, 0.15) is 79.1 Å². The molecular formula is C27H42O5. The molecule has 0 amide bonds. The van der Waals surface area contributed by atoms with Gasteiger partial charge in [-0.2, -0.15) is 0 Å². The molecule has 32 heavy (non-hydrogen) atoms. The monoisotopic (exact) mass is 446 g/mol. The molecule has 5 heteroatoms. The van der Waals surface area contributed by atoms with Gasteiger partial charge in [-0.3, -0.25) is 4.79 Å². The van der Waals surface area contributed by atoms with E-state index in [2.05, 4.69) is 27.7 Å². The Balaban J connectivity index is 1.30. The summed E-state index contributed by atoms with van der Waals surface area (Å²) in [5, 5.41) is 20.8. The SMILES string of the molecule is C[C@@H]1CC[C@@]2(OC1)O[C@@H]1C[C@@H]3[C@@H]4CC[C@H]5C[C@H](O)[C@H](O)C[C@]5(C)[C@@H]4CC(=O)[C@]3(C)[C@H]1[C@@H]2C. The molecule has 180 valence electrons. The van der Waals surface area contributed by atoms with E-state index >= 15 is 0 Å². The maximum absolute atomic E-state index is 14.0. The number of rotatable bonds is 0. The second kappa shape index (κ2) is 7.02. The van der Waals surface area contributed by atoms with E-state index < -0.39 is 18.0 Å². The van der Waals surface area contributed by atoms with Crippen LogP contribution in [-0.4, -0.2) is 46.7 Å². The van der Waals surface area contributed by atoms with Crippen LogP contribution in [0.5, 0.6) is 0 Å². The summed E-state index contributed by atoms with van der Waals surface area (Å²) in [5.74, 6) is 2.64. The zero-order valence-electron chi connectivity index (χ0n) is 20.3. The average Bonchev–Trinajstić information content (AvgIpc) is 3.19. The van der Waals surface area contributed by atoms with Gasteiger partial charge in [-0.15, -0.1) is 0 Å². The first-order chi connectivity index (χ1) is 15.1. The summed E-state index contributed by atoms with van der Waals surface area (Å²) in [6.45, 7) is 9.86. The lowest BCUT2D eigenvalue weighted by Crippen LogP contribution is -2.59. The molecule has 0 aromatic carbocycles. The zero-order valence-corrected chi connectivity index (χ0v) is 20.3. The molecule has 2 heterocycles. The fourth-order valence-corrected chi connectivity index (χ4v) is 9.97. The summed E-state index contributed by atoms with van der Waals surface area (Å²) >= 11 is 0. The van der Waals surface area contributed by atoms with Gasteiger partial charge in [-0.1, -0.05) is 27.7 Å². The van der Waals surface area contributed by atoms with Crippen LogP contribution in [0.3, 0.4) is 0 Å². The minimum atomic E-state index is -0.657. The molecule has 13 atom stereocenters. The maximum Gasteiger partial charge on any atom is 0.171 e. The lowest BCUT2D eigenvalue weighted by molar-refractivity contribution is -0.272. The Morgan fingerprint density at radius 1 is 1.00 bits per heavy atom. The van der Waals surface area contributed by atoms with Crippen LogP contribution in [0.25, 0.3) is 0 Å².